The lowest BCUT2D eigenvalue weighted by Gasteiger charge is -2.45. The summed E-state index contributed by atoms with van der Waals surface area (Å²) in [7, 11) is 0. The van der Waals surface area contributed by atoms with E-state index >= 15 is 0 Å². The monoisotopic (exact) mass is 306 g/mol. The van der Waals surface area contributed by atoms with Crippen LogP contribution in [0, 0.1) is 5.41 Å². The molecule has 2 aliphatic heterocycles. The quantitative estimate of drug-likeness (QED) is 0.803. The summed E-state index contributed by atoms with van der Waals surface area (Å²) < 4.78 is 11.0. The van der Waals surface area contributed by atoms with E-state index in [0.717, 1.165) is 51.6 Å². The summed E-state index contributed by atoms with van der Waals surface area (Å²) in [6, 6.07) is 9.98. The molecule has 2 heterocycles. The molecule has 2 aliphatic rings. The van der Waals surface area contributed by atoms with E-state index in [-0.39, 0.29) is 12.0 Å². The molecule has 3 rings (SSSR count). The first-order chi connectivity index (χ1) is 10.8. The van der Waals surface area contributed by atoms with Gasteiger partial charge in [0.25, 0.3) is 0 Å². The van der Waals surface area contributed by atoms with Gasteiger partial charge in [-0.3, -0.25) is 9.80 Å². The molecule has 0 aromatic heterocycles. The lowest BCUT2D eigenvalue weighted by molar-refractivity contribution is -0.150. The number of aliphatic hydroxyl groups is 1. The average Bonchev–Trinajstić information content (AvgIpc) is 2.53. The minimum Gasteiger partial charge on any atom is -0.492 e. The number of aliphatic hydroxyl groups excluding tert-OH is 1. The fourth-order valence-electron chi connectivity index (χ4n) is 3.08. The molecule has 0 unspecified atom stereocenters. The van der Waals surface area contributed by atoms with Crippen molar-refractivity contribution < 1.29 is 14.6 Å². The fraction of sp³-hybridized carbons (Fsp3) is 0.647. The molecule has 5 heteroatoms. The Bertz CT molecular complexity index is 437. The first-order valence-corrected chi connectivity index (χ1v) is 8.11. The maximum absolute atomic E-state index is 9.51. The highest BCUT2D eigenvalue weighted by Crippen LogP contribution is 2.28. The van der Waals surface area contributed by atoms with Crippen molar-refractivity contribution in [2.75, 3.05) is 65.7 Å². The topological polar surface area (TPSA) is 45.2 Å². The maximum Gasteiger partial charge on any atom is 0.119 e. The summed E-state index contributed by atoms with van der Waals surface area (Å²) in [5, 5.41) is 9.51. The fourth-order valence-corrected chi connectivity index (χ4v) is 3.08. The van der Waals surface area contributed by atoms with Crippen LogP contribution < -0.4 is 4.74 Å². The Labute approximate surface area is 132 Å². The van der Waals surface area contributed by atoms with Crippen LogP contribution >= 0.6 is 0 Å². The van der Waals surface area contributed by atoms with Crippen LogP contribution in [0.5, 0.6) is 5.75 Å². The Morgan fingerprint density at radius 1 is 1.05 bits per heavy atom. The van der Waals surface area contributed by atoms with Crippen molar-refractivity contribution in [1.29, 1.82) is 0 Å². The van der Waals surface area contributed by atoms with E-state index < -0.39 is 0 Å². The van der Waals surface area contributed by atoms with Crippen molar-refractivity contribution in [1.82, 2.24) is 9.80 Å². The third-order valence-corrected chi connectivity index (χ3v) is 4.60. The zero-order valence-corrected chi connectivity index (χ0v) is 13.1. The normalized spacial score (nSPS) is 22.2. The summed E-state index contributed by atoms with van der Waals surface area (Å²) in [4.78, 5) is 4.90. The molecule has 0 aliphatic carbocycles. The summed E-state index contributed by atoms with van der Waals surface area (Å²) in [6.07, 6.45) is 0. The molecule has 2 fully saturated rings. The second-order valence-electron chi connectivity index (χ2n) is 6.43. The summed E-state index contributed by atoms with van der Waals surface area (Å²) in [6.45, 7) is 8.57. The first kappa shape index (κ1) is 15.7. The van der Waals surface area contributed by atoms with Crippen LogP contribution in [0.2, 0.25) is 0 Å². The molecule has 2 saturated heterocycles. The molecule has 22 heavy (non-hydrogen) atoms. The second-order valence-corrected chi connectivity index (χ2v) is 6.43. The highest BCUT2D eigenvalue weighted by Gasteiger charge is 2.40. The van der Waals surface area contributed by atoms with Crippen LogP contribution in [-0.4, -0.2) is 80.6 Å². The van der Waals surface area contributed by atoms with Crippen molar-refractivity contribution in [3.8, 4) is 5.75 Å². The van der Waals surface area contributed by atoms with E-state index in [2.05, 4.69) is 9.80 Å². The minimum atomic E-state index is -0.00140. The van der Waals surface area contributed by atoms with E-state index in [0.29, 0.717) is 13.2 Å². The standard InChI is InChI=1S/C17H26N2O3/c20-13-17(14-21-15-17)12-19-8-6-18(7-9-19)10-11-22-16-4-2-1-3-5-16/h1-5,20H,6-15H2. The van der Waals surface area contributed by atoms with Gasteiger partial charge in [-0.05, 0) is 12.1 Å². The van der Waals surface area contributed by atoms with Crippen molar-refractivity contribution in [3.63, 3.8) is 0 Å². The lowest BCUT2D eigenvalue weighted by Crippen LogP contribution is -2.57. The molecule has 0 saturated carbocycles. The number of para-hydroxylation sites is 1. The van der Waals surface area contributed by atoms with Crippen LogP contribution in [0.3, 0.4) is 0 Å². The molecule has 1 N–H and O–H groups in total. The Morgan fingerprint density at radius 3 is 2.32 bits per heavy atom. The molecule has 0 amide bonds. The number of benzene rings is 1. The predicted octanol–water partition coefficient (Wildman–Crippen LogP) is 0.692. The molecule has 122 valence electrons. The summed E-state index contributed by atoms with van der Waals surface area (Å²) >= 11 is 0. The van der Waals surface area contributed by atoms with Gasteiger partial charge in [0.1, 0.15) is 12.4 Å². The lowest BCUT2D eigenvalue weighted by atomic mass is 9.86. The van der Waals surface area contributed by atoms with Crippen molar-refractivity contribution in [3.05, 3.63) is 30.3 Å². The molecular weight excluding hydrogens is 280 g/mol. The zero-order valence-electron chi connectivity index (χ0n) is 13.1. The first-order valence-electron chi connectivity index (χ1n) is 8.11. The van der Waals surface area contributed by atoms with E-state index in [4.69, 9.17) is 9.47 Å². The predicted molar refractivity (Wildman–Crippen MR) is 85.2 cm³/mol. The van der Waals surface area contributed by atoms with Crippen LogP contribution in [0.15, 0.2) is 30.3 Å². The average molecular weight is 306 g/mol. The Kier molecular flexibility index (Phi) is 5.31. The van der Waals surface area contributed by atoms with E-state index in [1.807, 2.05) is 30.3 Å². The summed E-state index contributed by atoms with van der Waals surface area (Å²) in [5.41, 5.74) is -0.00140. The molecule has 0 atom stereocenters. The molecular formula is C17H26N2O3. The van der Waals surface area contributed by atoms with Gasteiger partial charge in [-0.2, -0.15) is 0 Å². The molecule has 1 aromatic carbocycles. The van der Waals surface area contributed by atoms with Gasteiger partial charge in [-0.1, -0.05) is 18.2 Å². The molecule has 0 radical (unpaired) electrons. The maximum atomic E-state index is 9.51. The van der Waals surface area contributed by atoms with Crippen LogP contribution in [-0.2, 0) is 4.74 Å². The van der Waals surface area contributed by atoms with Gasteiger partial charge in [0.15, 0.2) is 0 Å². The highest BCUT2D eigenvalue weighted by molar-refractivity contribution is 5.20. The van der Waals surface area contributed by atoms with E-state index in [9.17, 15) is 5.11 Å². The van der Waals surface area contributed by atoms with Crippen molar-refractivity contribution in [2.45, 2.75) is 0 Å². The second kappa shape index (κ2) is 7.42. The molecule has 1 aromatic rings. The molecule has 0 bridgehead atoms. The summed E-state index contributed by atoms with van der Waals surface area (Å²) in [5.74, 6) is 0.941. The van der Waals surface area contributed by atoms with Gasteiger partial charge in [-0.15, -0.1) is 0 Å². The SMILES string of the molecule is OCC1(CN2CCN(CCOc3ccccc3)CC2)COC1. The van der Waals surface area contributed by atoms with Crippen LogP contribution in [0.25, 0.3) is 0 Å². The van der Waals surface area contributed by atoms with Gasteiger partial charge in [0, 0.05) is 39.3 Å². The van der Waals surface area contributed by atoms with Crippen LogP contribution in [0.4, 0.5) is 0 Å². The number of piperazine rings is 1. The van der Waals surface area contributed by atoms with Crippen molar-refractivity contribution >= 4 is 0 Å². The number of hydrogen-bond donors (Lipinski definition) is 1. The number of ether oxygens (including phenoxy) is 2. The molecule has 0 spiro atoms. The van der Waals surface area contributed by atoms with E-state index in [1.54, 1.807) is 0 Å². The Balaban J connectivity index is 1.33. The van der Waals surface area contributed by atoms with Gasteiger partial charge < -0.3 is 14.6 Å². The van der Waals surface area contributed by atoms with E-state index in [1.165, 1.54) is 0 Å². The van der Waals surface area contributed by atoms with Gasteiger partial charge >= 0.3 is 0 Å². The third kappa shape index (κ3) is 3.98. The Morgan fingerprint density at radius 2 is 1.73 bits per heavy atom. The Hall–Kier alpha value is -1.14. The van der Waals surface area contributed by atoms with Gasteiger partial charge in [0.2, 0.25) is 0 Å². The van der Waals surface area contributed by atoms with Gasteiger partial charge in [0.05, 0.1) is 25.2 Å². The molecule has 5 nitrogen and oxygen atoms in total. The van der Waals surface area contributed by atoms with Gasteiger partial charge in [-0.25, -0.2) is 0 Å². The number of nitrogens with zero attached hydrogens (tertiary/aromatic N) is 2. The van der Waals surface area contributed by atoms with Crippen molar-refractivity contribution in [2.24, 2.45) is 5.41 Å². The minimum absolute atomic E-state index is 0.00140. The number of rotatable bonds is 7. The smallest absolute Gasteiger partial charge is 0.119 e. The largest absolute Gasteiger partial charge is 0.492 e. The third-order valence-electron chi connectivity index (χ3n) is 4.60. The highest BCUT2D eigenvalue weighted by atomic mass is 16.5. The van der Waals surface area contributed by atoms with Crippen LogP contribution in [0.1, 0.15) is 0 Å². The zero-order chi connectivity index (χ0) is 15.3. The number of hydrogen-bond acceptors (Lipinski definition) is 5.